The van der Waals surface area contributed by atoms with Gasteiger partial charge in [-0.1, -0.05) is 152 Å². The predicted molar refractivity (Wildman–Crippen MR) is 221 cm³/mol. The van der Waals surface area contributed by atoms with Crippen LogP contribution in [0.2, 0.25) is 0 Å². The summed E-state index contributed by atoms with van der Waals surface area (Å²) in [6.07, 6.45) is 0. The first-order valence-corrected chi connectivity index (χ1v) is 17.4. The van der Waals surface area contributed by atoms with Crippen LogP contribution in [-0.4, -0.2) is 4.57 Å². The highest BCUT2D eigenvalue weighted by atomic mass is 15.1. The number of rotatable bonds is 6. The van der Waals surface area contributed by atoms with Gasteiger partial charge in [0.15, 0.2) is 0 Å². The number of aromatic nitrogens is 1. The first kappa shape index (κ1) is 25.1. The van der Waals surface area contributed by atoms with Gasteiger partial charge in [-0.2, -0.15) is 0 Å². The van der Waals surface area contributed by atoms with Gasteiger partial charge in [0.25, 0.3) is 0 Å². The van der Waals surface area contributed by atoms with Crippen molar-refractivity contribution in [2.24, 2.45) is 0 Å². The fourth-order valence-corrected chi connectivity index (χ4v) is 7.77. The van der Waals surface area contributed by atoms with E-state index < -0.39 is 6.04 Å². The second-order valence-corrected chi connectivity index (χ2v) is 13.0. The molecule has 10 rings (SSSR count). The summed E-state index contributed by atoms with van der Waals surface area (Å²) in [5.74, 6) is 0. The molecule has 0 unspecified atom stereocenters. The summed E-state index contributed by atoms with van der Waals surface area (Å²) >= 11 is 0. The Morgan fingerprint density at radius 1 is 0.423 bits per heavy atom. The summed E-state index contributed by atoms with van der Waals surface area (Å²) in [6, 6.07) is 59.4. The lowest BCUT2D eigenvalue weighted by atomic mass is 9.97. The van der Waals surface area contributed by atoms with Crippen LogP contribution in [0, 0.1) is 0 Å². The van der Waals surface area contributed by atoms with Gasteiger partial charge in [-0.25, -0.2) is 0 Å². The second-order valence-electron chi connectivity index (χ2n) is 13.0. The molecule has 0 aliphatic carbocycles. The van der Waals surface area contributed by atoms with Crippen LogP contribution in [0.4, 0.5) is 17.1 Å². The van der Waals surface area contributed by atoms with E-state index in [1.807, 2.05) is 41.0 Å². The highest BCUT2D eigenvalue weighted by Gasteiger charge is 2.19. The summed E-state index contributed by atoms with van der Waals surface area (Å²) in [6.45, 7) is 0. The first-order valence-electron chi connectivity index (χ1n) is 19.9. The molecule has 1 aromatic heterocycles. The zero-order valence-electron chi connectivity index (χ0n) is 33.1. The van der Waals surface area contributed by atoms with Crippen molar-refractivity contribution in [1.29, 1.82) is 0 Å². The molecule has 0 atom stereocenters. The minimum absolute atomic E-state index is 0.132. The van der Waals surface area contributed by atoms with Gasteiger partial charge in [-0.15, -0.1) is 0 Å². The van der Waals surface area contributed by atoms with Crippen LogP contribution in [-0.2, 0) is 0 Å². The third-order valence-corrected chi connectivity index (χ3v) is 10.1. The van der Waals surface area contributed by atoms with E-state index in [1.54, 1.807) is 0 Å². The summed E-state index contributed by atoms with van der Waals surface area (Å²) in [7, 11) is 0. The minimum Gasteiger partial charge on any atom is -0.310 e. The van der Waals surface area contributed by atoms with Gasteiger partial charge in [-0.05, 0) is 93.0 Å². The molecule has 9 aromatic carbocycles. The van der Waals surface area contributed by atoms with Crippen LogP contribution < -0.4 is 4.90 Å². The highest BCUT2D eigenvalue weighted by molar-refractivity contribution is 6.16. The Morgan fingerprint density at radius 2 is 1.04 bits per heavy atom. The Balaban J connectivity index is 1.17. The molecule has 244 valence electrons. The van der Waals surface area contributed by atoms with Crippen molar-refractivity contribution in [3.05, 3.63) is 206 Å². The summed E-state index contributed by atoms with van der Waals surface area (Å²) in [5, 5.41) is 6.57. The number of hydrogen-bond acceptors (Lipinski definition) is 1. The van der Waals surface area contributed by atoms with Crippen molar-refractivity contribution in [2.75, 3.05) is 4.90 Å². The summed E-state index contributed by atoms with van der Waals surface area (Å²) < 4.78 is 44.7. The second kappa shape index (κ2) is 12.5. The van der Waals surface area contributed by atoms with Gasteiger partial charge in [0.2, 0.25) is 0 Å². The number of hydrogen-bond donors (Lipinski definition) is 0. The monoisotopic (exact) mass is 667 g/mol. The molecule has 0 saturated carbocycles. The maximum Gasteiger partial charge on any atom is 0.0645 e. The fraction of sp³-hybridized carbons (Fsp3) is 0. The van der Waals surface area contributed by atoms with Gasteiger partial charge in [0.05, 0.1) is 23.6 Å². The van der Waals surface area contributed by atoms with E-state index in [1.165, 1.54) is 16.3 Å². The maximum absolute atomic E-state index is 8.87. The summed E-state index contributed by atoms with van der Waals surface area (Å²) in [4.78, 5) is 2.31. The van der Waals surface area contributed by atoms with Crippen molar-refractivity contribution in [3.8, 4) is 27.9 Å². The van der Waals surface area contributed by atoms with E-state index in [0.717, 1.165) is 66.3 Å². The lowest BCUT2D eigenvalue weighted by Gasteiger charge is -2.27. The van der Waals surface area contributed by atoms with Crippen molar-refractivity contribution in [2.45, 2.75) is 0 Å². The van der Waals surface area contributed by atoms with E-state index in [0.29, 0.717) is 0 Å². The van der Waals surface area contributed by atoms with E-state index >= 15 is 0 Å². The Hall–Kier alpha value is -6.90. The van der Waals surface area contributed by atoms with Gasteiger partial charge in [-0.3, -0.25) is 0 Å². The summed E-state index contributed by atoms with van der Waals surface area (Å²) in [5.41, 5.74) is 8.99. The number of anilines is 3. The van der Waals surface area contributed by atoms with Crippen LogP contribution in [0.5, 0.6) is 0 Å². The molecule has 0 saturated heterocycles. The molecule has 0 aliphatic rings. The molecule has 0 radical (unpaired) electrons. The predicted octanol–water partition coefficient (Wildman–Crippen LogP) is 13.9. The molecular formula is C50H34N2. The number of nitrogens with zero attached hydrogens (tertiary/aromatic N) is 2. The Labute approximate surface area is 310 Å². The smallest absolute Gasteiger partial charge is 0.0645 e. The van der Waals surface area contributed by atoms with Gasteiger partial charge in [0.1, 0.15) is 0 Å². The molecule has 52 heavy (non-hydrogen) atoms. The van der Waals surface area contributed by atoms with Crippen LogP contribution in [0.1, 0.15) is 6.85 Å². The van der Waals surface area contributed by atoms with Crippen molar-refractivity contribution < 1.29 is 6.85 Å². The molecule has 1 heterocycles. The van der Waals surface area contributed by atoms with Gasteiger partial charge in [0, 0.05) is 33.2 Å². The topological polar surface area (TPSA) is 8.17 Å². The highest BCUT2D eigenvalue weighted by Crippen LogP contribution is 2.43. The quantitative estimate of drug-likeness (QED) is 0.171. The van der Waals surface area contributed by atoms with E-state index in [9.17, 15) is 0 Å². The van der Waals surface area contributed by atoms with Gasteiger partial charge < -0.3 is 9.47 Å². The standard InChI is InChI=1S/C50H34N2/c1-2-19-39(20-3-1)52-48-27-9-8-24-46(48)50-45(26-13-29-49(50)52)38-18-10-21-41(34-38)51(47-28-12-17-36-15-5-7-23-44(36)47)40-32-30-37(31-33-40)43-25-11-16-35-14-4-6-22-42(35)43/h1-34H/i1D,2D,3D,19D,20D. The Morgan fingerprint density at radius 3 is 1.87 bits per heavy atom. The minimum atomic E-state index is -0.411. The third-order valence-electron chi connectivity index (χ3n) is 10.1. The Bertz CT molecular complexity index is 3160. The molecule has 10 aromatic rings. The van der Waals surface area contributed by atoms with Crippen LogP contribution in [0.25, 0.3) is 71.3 Å². The fourth-order valence-electron chi connectivity index (χ4n) is 7.77. The Kier molecular flexibility index (Phi) is 6.01. The average Bonchev–Trinajstić information content (AvgIpc) is 3.59. The lowest BCUT2D eigenvalue weighted by molar-refractivity contribution is 1.18. The molecule has 0 amide bonds. The SMILES string of the molecule is [2H]c1c([2H])c([2H])c(-n2c3ccccc3c3c(-c4cccc(N(c5ccc(-c6cccc7ccccc67)cc5)c5cccc6ccccc56)c4)cccc32)c([2H])c1[2H]. The first-order chi connectivity index (χ1) is 27.9. The molecule has 2 nitrogen and oxygen atoms in total. The molecular weight excluding hydrogens is 629 g/mol. The van der Waals surface area contributed by atoms with Crippen molar-refractivity contribution >= 4 is 60.4 Å². The average molecular weight is 668 g/mol. The van der Waals surface area contributed by atoms with Crippen LogP contribution in [0.3, 0.4) is 0 Å². The van der Waals surface area contributed by atoms with Gasteiger partial charge >= 0.3 is 0 Å². The van der Waals surface area contributed by atoms with Crippen LogP contribution in [0.15, 0.2) is 206 Å². The number of para-hydroxylation sites is 2. The molecule has 0 aliphatic heterocycles. The molecule has 0 spiro atoms. The number of fused-ring (bicyclic) bond motifs is 5. The van der Waals surface area contributed by atoms with Crippen LogP contribution >= 0.6 is 0 Å². The lowest BCUT2D eigenvalue weighted by Crippen LogP contribution is -2.10. The number of benzene rings is 9. The zero-order chi connectivity index (χ0) is 38.8. The van der Waals surface area contributed by atoms with E-state index in [4.69, 9.17) is 6.85 Å². The zero-order valence-corrected chi connectivity index (χ0v) is 28.1. The maximum atomic E-state index is 8.87. The molecule has 0 N–H and O–H groups in total. The van der Waals surface area contributed by atoms with Crippen molar-refractivity contribution in [3.63, 3.8) is 0 Å². The third kappa shape index (κ3) is 4.96. The molecule has 0 bridgehead atoms. The molecule has 2 heteroatoms. The van der Waals surface area contributed by atoms with E-state index in [2.05, 4.69) is 144 Å². The normalized spacial score (nSPS) is 12.8. The van der Waals surface area contributed by atoms with Crippen molar-refractivity contribution in [1.82, 2.24) is 4.57 Å². The largest absolute Gasteiger partial charge is 0.310 e. The van der Waals surface area contributed by atoms with E-state index in [-0.39, 0.29) is 29.9 Å². The molecule has 0 fully saturated rings.